The van der Waals surface area contributed by atoms with Crippen molar-refractivity contribution in [2.24, 2.45) is 0 Å². The summed E-state index contributed by atoms with van der Waals surface area (Å²) in [6.45, 7) is 5.86. The highest BCUT2D eigenvalue weighted by Crippen LogP contribution is 2.26. The van der Waals surface area contributed by atoms with E-state index in [2.05, 4.69) is 26.2 Å². The zero-order valence-corrected chi connectivity index (χ0v) is 12.9. The SMILES string of the molecule is CCC(=O)c1nnn(-c2cccc(C)c2Br)c1CC. The number of aromatic nitrogens is 3. The molecule has 2 aromatic rings. The maximum Gasteiger partial charge on any atom is 0.184 e. The van der Waals surface area contributed by atoms with E-state index in [9.17, 15) is 4.79 Å². The molecule has 0 aliphatic heterocycles. The molecule has 19 heavy (non-hydrogen) atoms. The summed E-state index contributed by atoms with van der Waals surface area (Å²) in [4.78, 5) is 11.9. The number of hydrogen-bond acceptors (Lipinski definition) is 3. The largest absolute Gasteiger partial charge is 0.292 e. The molecule has 0 saturated heterocycles. The summed E-state index contributed by atoms with van der Waals surface area (Å²) in [5.74, 6) is 0.0341. The van der Waals surface area contributed by atoms with Gasteiger partial charge in [0.25, 0.3) is 0 Å². The molecule has 0 N–H and O–H groups in total. The minimum atomic E-state index is 0.0341. The predicted octanol–water partition coefficient (Wildman–Crippen LogP) is 3.49. The summed E-state index contributed by atoms with van der Waals surface area (Å²) in [7, 11) is 0. The van der Waals surface area contributed by atoms with Crippen LogP contribution in [0.25, 0.3) is 5.69 Å². The molecule has 1 aromatic carbocycles. The first kappa shape index (κ1) is 13.9. The molecular weight excluding hydrogens is 306 g/mol. The Balaban J connectivity index is 2.60. The molecule has 0 saturated carbocycles. The van der Waals surface area contributed by atoms with Crippen molar-refractivity contribution in [1.82, 2.24) is 15.0 Å². The molecule has 4 nitrogen and oxygen atoms in total. The van der Waals surface area contributed by atoms with Crippen molar-refractivity contribution in [3.8, 4) is 5.69 Å². The molecule has 0 aliphatic carbocycles. The molecular formula is C14H16BrN3O. The van der Waals surface area contributed by atoms with Gasteiger partial charge in [0, 0.05) is 10.9 Å². The molecule has 1 aromatic heterocycles. The van der Waals surface area contributed by atoms with Gasteiger partial charge in [0.2, 0.25) is 0 Å². The van der Waals surface area contributed by atoms with E-state index >= 15 is 0 Å². The van der Waals surface area contributed by atoms with E-state index in [0.717, 1.165) is 21.4 Å². The van der Waals surface area contributed by atoms with Gasteiger partial charge < -0.3 is 0 Å². The Bertz CT molecular complexity index is 619. The highest BCUT2D eigenvalue weighted by Gasteiger charge is 2.19. The molecule has 0 bridgehead atoms. The first-order valence-electron chi connectivity index (χ1n) is 6.33. The lowest BCUT2D eigenvalue weighted by Gasteiger charge is -2.09. The van der Waals surface area contributed by atoms with Gasteiger partial charge in [0.15, 0.2) is 11.5 Å². The number of carbonyl (C=O) groups is 1. The Morgan fingerprint density at radius 3 is 2.74 bits per heavy atom. The predicted molar refractivity (Wildman–Crippen MR) is 77.8 cm³/mol. The minimum Gasteiger partial charge on any atom is -0.292 e. The Morgan fingerprint density at radius 2 is 2.11 bits per heavy atom. The highest BCUT2D eigenvalue weighted by molar-refractivity contribution is 9.10. The Kier molecular flexibility index (Phi) is 4.14. The summed E-state index contributed by atoms with van der Waals surface area (Å²) in [5.41, 5.74) is 3.38. The van der Waals surface area contributed by atoms with E-state index in [1.54, 1.807) is 4.68 Å². The second-order valence-corrected chi connectivity index (χ2v) is 5.13. The lowest BCUT2D eigenvalue weighted by atomic mass is 10.1. The molecule has 2 rings (SSSR count). The van der Waals surface area contributed by atoms with Crippen molar-refractivity contribution in [2.45, 2.75) is 33.6 Å². The lowest BCUT2D eigenvalue weighted by molar-refractivity contribution is 0.0982. The van der Waals surface area contributed by atoms with Crippen molar-refractivity contribution in [2.75, 3.05) is 0 Å². The fourth-order valence-corrected chi connectivity index (χ4v) is 2.42. The van der Waals surface area contributed by atoms with Crippen LogP contribution in [0.5, 0.6) is 0 Å². The standard InChI is InChI=1S/C14H16BrN3O/c1-4-10-14(12(19)5-2)16-17-18(10)11-8-6-7-9(3)13(11)15/h6-8H,4-5H2,1-3H3. The second kappa shape index (κ2) is 5.65. The smallest absolute Gasteiger partial charge is 0.184 e. The number of carbonyl (C=O) groups excluding carboxylic acids is 1. The zero-order chi connectivity index (χ0) is 14.0. The molecule has 0 unspecified atom stereocenters. The third-order valence-electron chi connectivity index (χ3n) is 3.08. The van der Waals surface area contributed by atoms with Crippen molar-refractivity contribution < 1.29 is 4.79 Å². The fourth-order valence-electron chi connectivity index (χ4n) is 1.99. The van der Waals surface area contributed by atoms with Gasteiger partial charge in [0.1, 0.15) is 0 Å². The lowest BCUT2D eigenvalue weighted by Crippen LogP contribution is -2.06. The van der Waals surface area contributed by atoms with Crippen LogP contribution in [0.15, 0.2) is 22.7 Å². The van der Waals surface area contributed by atoms with E-state index in [4.69, 9.17) is 0 Å². The van der Waals surface area contributed by atoms with Gasteiger partial charge in [-0.25, -0.2) is 4.68 Å². The van der Waals surface area contributed by atoms with Crippen LogP contribution in [-0.4, -0.2) is 20.8 Å². The number of hydrogen-bond donors (Lipinski definition) is 0. The van der Waals surface area contributed by atoms with Gasteiger partial charge in [-0.1, -0.05) is 31.2 Å². The van der Waals surface area contributed by atoms with Crippen LogP contribution in [0.4, 0.5) is 0 Å². The summed E-state index contributed by atoms with van der Waals surface area (Å²) < 4.78 is 2.73. The Morgan fingerprint density at radius 1 is 1.37 bits per heavy atom. The van der Waals surface area contributed by atoms with E-state index in [0.29, 0.717) is 18.5 Å². The van der Waals surface area contributed by atoms with Crippen molar-refractivity contribution in [1.29, 1.82) is 0 Å². The molecule has 5 heteroatoms. The molecule has 0 atom stereocenters. The van der Waals surface area contributed by atoms with Gasteiger partial charge >= 0.3 is 0 Å². The van der Waals surface area contributed by atoms with E-state index in [-0.39, 0.29) is 5.78 Å². The fraction of sp³-hybridized carbons (Fsp3) is 0.357. The molecule has 1 heterocycles. The number of rotatable bonds is 4. The van der Waals surface area contributed by atoms with Crippen LogP contribution in [0.1, 0.15) is 42.0 Å². The van der Waals surface area contributed by atoms with Crippen molar-refractivity contribution >= 4 is 21.7 Å². The number of aryl methyl sites for hydroxylation is 1. The quantitative estimate of drug-likeness (QED) is 0.810. The number of nitrogens with zero attached hydrogens (tertiary/aromatic N) is 3. The van der Waals surface area contributed by atoms with Gasteiger partial charge in [0.05, 0.1) is 11.4 Å². The molecule has 0 amide bonds. The molecule has 0 aliphatic rings. The average molecular weight is 322 g/mol. The molecule has 0 fully saturated rings. The van der Waals surface area contributed by atoms with E-state index in [1.165, 1.54) is 0 Å². The Hall–Kier alpha value is -1.49. The first-order chi connectivity index (χ1) is 9.10. The number of benzene rings is 1. The van der Waals surface area contributed by atoms with Gasteiger partial charge in [-0.15, -0.1) is 5.10 Å². The summed E-state index contributed by atoms with van der Waals surface area (Å²) in [5, 5.41) is 8.19. The van der Waals surface area contributed by atoms with E-state index in [1.807, 2.05) is 39.0 Å². The summed E-state index contributed by atoms with van der Waals surface area (Å²) in [6, 6.07) is 5.96. The number of halogens is 1. The minimum absolute atomic E-state index is 0.0341. The average Bonchev–Trinajstić information content (AvgIpc) is 2.84. The van der Waals surface area contributed by atoms with Crippen LogP contribution in [0, 0.1) is 6.92 Å². The van der Waals surface area contributed by atoms with Crippen molar-refractivity contribution in [3.05, 3.63) is 39.6 Å². The molecule has 0 spiro atoms. The van der Waals surface area contributed by atoms with Crippen LogP contribution in [0.2, 0.25) is 0 Å². The molecule has 100 valence electrons. The zero-order valence-electron chi connectivity index (χ0n) is 11.3. The summed E-state index contributed by atoms with van der Waals surface area (Å²) in [6.07, 6.45) is 1.16. The first-order valence-corrected chi connectivity index (χ1v) is 7.12. The Labute approximate surface area is 121 Å². The number of ketones is 1. The van der Waals surface area contributed by atoms with Gasteiger partial charge in [-0.3, -0.25) is 4.79 Å². The van der Waals surface area contributed by atoms with Crippen LogP contribution >= 0.6 is 15.9 Å². The van der Waals surface area contributed by atoms with E-state index < -0.39 is 0 Å². The monoisotopic (exact) mass is 321 g/mol. The summed E-state index contributed by atoms with van der Waals surface area (Å²) >= 11 is 3.57. The van der Waals surface area contributed by atoms with Crippen LogP contribution in [0.3, 0.4) is 0 Å². The number of Topliss-reactive ketones (excluding diaryl/α,β-unsaturated/α-hetero) is 1. The maximum atomic E-state index is 11.9. The normalized spacial score (nSPS) is 10.7. The topological polar surface area (TPSA) is 47.8 Å². The van der Waals surface area contributed by atoms with Crippen molar-refractivity contribution in [3.63, 3.8) is 0 Å². The third kappa shape index (κ3) is 2.47. The van der Waals surface area contributed by atoms with Crippen LogP contribution < -0.4 is 0 Å². The van der Waals surface area contributed by atoms with Gasteiger partial charge in [-0.05, 0) is 40.9 Å². The highest BCUT2D eigenvalue weighted by atomic mass is 79.9. The maximum absolute atomic E-state index is 11.9. The second-order valence-electron chi connectivity index (χ2n) is 4.33. The van der Waals surface area contributed by atoms with Crippen LogP contribution in [-0.2, 0) is 6.42 Å². The third-order valence-corrected chi connectivity index (χ3v) is 4.11. The van der Waals surface area contributed by atoms with Gasteiger partial charge in [-0.2, -0.15) is 0 Å². The molecule has 0 radical (unpaired) electrons.